The van der Waals surface area contributed by atoms with E-state index >= 15 is 0 Å². The highest BCUT2D eigenvalue weighted by Crippen LogP contribution is 2.16. The first-order valence-electron chi connectivity index (χ1n) is 3.84. The zero-order valence-electron chi connectivity index (χ0n) is 6.98. The quantitative estimate of drug-likeness (QED) is 0.679. The molecule has 0 unspecified atom stereocenters. The summed E-state index contributed by atoms with van der Waals surface area (Å²) in [6.45, 7) is 0. The van der Waals surface area contributed by atoms with Crippen LogP contribution in [0.2, 0.25) is 0 Å². The van der Waals surface area contributed by atoms with Crippen LogP contribution in [-0.2, 0) is 0 Å². The molecule has 0 atom stereocenters. The van der Waals surface area contributed by atoms with Gasteiger partial charge in [-0.25, -0.2) is 4.39 Å². The van der Waals surface area contributed by atoms with Gasteiger partial charge in [0.05, 0.1) is 0 Å². The molecule has 1 heterocycles. The Bertz CT molecular complexity index is 450. The Morgan fingerprint density at radius 2 is 2.00 bits per heavy atom. The molecule has 4 nitrogen and oxygen atoms in total. The molecule has 0 saturated heterocycles. The summed E-state index contributed by atoms with van der Waals surface area (Å²) in [4.78, 5) is 14.0. The minimum atomic E-state index is -0.344. The van der Waals surface area contributed by atoms with Crippen LogP contribution in [0.5, 0.6) is 0 Å². The summed E-state index contributed by atoms with van der Waals surface area (Å²) in [5.41, 5.74) is 0.576. The lowest BCUT2D eigenvalue weighted by molar-refractivity contribution is 0.111. The molecule has 0 radical (unpaired) electrons. The molecule has 0 amide bonds. The van der Waals surface area contributed by atoms with Crippen molar-refractivity contribution in [2.24, 2.45) is 0 Å². The van der Waals surface area contributed by atoms with Crippen LogP contribution < -0.4 is 0 Å². The minimum Gasteiger partial charge on any atom is -0.334 e. The molecule has 0 spiro atoms. The van der Waals surface area contributed by atoms with Crippen molar-refractivity contribution in [1.29, 1.82) is 0 Å². The molecule has 0 aliphatic rings. The highest BCUT2D eigenvalue weighted by Gasteiger charge is 2.07. The van der Waals surface area contributed by atoms with E-state index in [9.17, 15) is 9.18 Å². The van der Waals surface area contributed by atoms with Crippen LogP contribution >= 0.6 is 0 Å². The third-order valence-electron chi connectivity index (χ3n) is 1.64. The molecule has 2 aromatic rings. The van der Waals surface area contributed by atoms with Gasteiger partial charge in [-0.15, -0.1) is 0 Å². The molecule has 0 fully saturated rings. The molecule has 5 heteroatoms. The van der Waals surface area contributed by atoms with Crippen LogP contribution in [0.3, 0.4) is 0 Å². The van der Waals surface area contributed by atoms with Crippen molar-refractivity contribution in [3.05, 3.63) is 35.9 Å². The maximum Gasteiger partial charge on any atom is 0.258 e. The van der Waals surface area contributed by atoms with Gasteiger partial charge in [0.2, 0.25) is 5.82 Å². The molecule has 70 valence electrons. The van der Waals surface area contributed by atoms with E-state index in [1.54, 1.807) is 0 Å². The predicted octanol–water partition coefficient (Wildman–Crippen LogP) is 1.69. The Morgan fingerprint density at radius 3 is 2.57 bits per heavy atom. The van der Waals surface area contributed by atoms with E-state index in [1.165, 1.54) is 24.3 Å². The van der Waals surface area contributed by atoms with Gasteiger partial charge in [-0.05, 0) is 24.3 Å². The molecule has 0 N–H and O–H groups in total. The summed E-state index contributed by atoms with van der Waals surface area (Å²) in [6.07, 6.45) is 0.483. The number of aromatic nitrogens is 2. The Morgan fingerprint density at radius 1 is 1.29 bits per heavy atom. The Hall–Kier alpha value is -2.04. The number of halogens is 1. The molecule has 0 saturated carbocycles. The summed E-state index contributed by atoms with van der Waals surface area (Å²) in [5, 5.41) is 3.39. The van der Waals surface area contributed by atoms with Crippen molar-refractivity contribution in [1.82, 2.24) is 10.1 Å². The molecule has 0 aliphatic heterocycles. The zero-order valence-corrected chi connectivity index (χ0v) is 6.98. The van der Waals surface area contributed by atoms with E-state index in [2.05, 4.69) is 10.1 Å². The Labute approximate surface area is 78.4 Å². The predicted molar refractivity (Wildman–Crippen MR) is 45.1 cm³/mol. The lowest BCUT2D eigenvalue weighted by Crippen LogP contribution is -1.82. The third-order valence-corrected chi connectivity index (χ3v) is 1.64. The monoisotopic (exact) mass is 192 g/mol. The summed E-state index contributed by atoms with van der Waals surface area (Å²) in [6, 6.07) is 5.55. The molecule has 0 bridgehead atoms. The van der Waals surface area contributed by atoms with E-state index in [1.807, 2.05) is 0 Å². The lowest BCUT2D eigenvalue weighted by Gasteiger charge is -1.91. The van der Waals surface area contributed by atoms with Gasteiger partial charge < -0.3 is 4.52 Å². The van der Waals surface area contributed by atoms with E-state index in [4.69, 9.17) is 4.52 Å². The fourth-order valence-electron chi connectivity index (χ4n) is 0.992. The molecule has 14 heavy (non-hydrogen) atoms. The smallest absolute Gasteiger partial charge is 0.258 e. The molecule has 1 aromatic heterocycles. The van der Waals surface area contributed by atoms with Gasteiger partial charge in [-0.2, -0.15) is 4.98 Å². The van der Waals surface area contributed by atoms with Crippen molar-refractivity contribution in [3.8, 4) is 11.5 Å². The Kier molecular flexibility index (Phi) is 2.06. The van der Waals surface area contributed by atoms with Gasteiger partial charge in [0.15, 0.2) is 6.29 Å². The van der Waals surface area contributed by atoms with E-state index in [0.29, 0.717) is 11.8 Å². The number of carbonyl (C=O) groups is 1. The van der Waals surface area contributed by atoms with Crippen molar-refractivity contribution < 1.29 is 13.7 Å². The van der Waals surface area contributed by atoms with Crippen LogP contribution in [0.1, 0.15) is 10.6 Å². The normalized spacial score (nSPS) is 10.1. The lowest BCUT2D eigenvalue weighted by atomic mass is 10.2. The van der Waals surface area contributed by atoms with Crippen molar-refractivity contribution in [2.45, 2.75) is 0 Å². The van der Waals surface area contributed by atoms with E-state index < -0.39 is 0 Å². The molecule has 2 rings (SSSR count). The van der Waals surface area contributed by atoms with Crippen LogP contribution in [0.15, 0.2) is 28.8 Å². The average Bonchev–Trinajstić information content (AvgIpc) is 2.67. The number of benzene rings is 1. The van der Waals surface area contributed by atoms with Crippen LogP contribution in [0, 0.1) is 5.82 Å². The van der Waals surface area contributed by atoms with E-state index in [-0.39, 0.29) is 17.5 Å². The number of hydrogen-bond acceptors (Lipinski definition) is 4. The first kappa shape index (κ1) is 8.55. The van der Waals surface area contributed by atoms with Crippen LogP contribution in [0.25, 0.3) is 11.5 Å². The fourth-order valence-corrected chi connectivity index (χ4v) is 0.992. The summed E-state index contributed by atoms with van der Waals surface area (Å²) in [5.74, 6) is -0.166. The maximum absolute atomic E-state index is 12.6. The molecular formula is C9H5FN2O2. The topological polar surface area (TPSA) is 56.0 Å². The summed E-state index contributed by atoms with van der Waals surface area (Å²) in [7, 11) is 0. The number of nitrogens with zero attached hydrogens (tertiary/aromatic N) is 2. The van der Waals surface area contributed by atoms with Gasteiger partial charge in [-0.3, -0.25) is 4.79 Å². The largest absolute Gasteiger partial charge is 0.334 e. The molecule has 0 aliphatic carbocycles. The fraction of sp³-hybridized carbons (Fsp3) is 0. The Balaban J connectivity index is 2.39. The first-order chi connectivity index (χ1) is 6.79. The minimum absolute atomic E-state index is 0.0238. The van der Waals surface area contributed by atoms with Gasteiger partial charge in [-0.1, -0.05) is 5.16 Å². The highest BCUT2D eigenvalue weighted by molar-refractivity contribution is 5.69. The number of aldehydes is 1. The summed E-state index contributed by atoms with van der Waals surface area (Å²) >= 11 is 0. The summed E-state index contributed by atoms with van der Waals surface area (Å²) < 4.78 is 17.3. The number of rotatable bonds is 2. The second-order valence-electron chi connectivity index (χ2n) is 2.58. The van der Waals surface area contributed by atoms with Gasteiger partial charge in [0.25, 0.3) is 5.89 Å². The SMILES string of the molecule is O=Cc1noc(-c2ccc(F)cc2)n1. The van der Waals surface area contributed by atoms with Crippen LogP contribution in [-0.4, -0.2) is 16.4 Å². The van der Waals surface area contributed by atoms with Crippen molar-refractivity contribution in [3.63, 3.8) is 0 Å². The third kappa shape index (κ3) is 1.52. The van der Waals surface area contributed by atoms with Crippen LogP contribution in [0.4, 0.5) is 4.39 Å². The highest BCUT2D eigenvalue weighted by atomic mass is 19.1. The average molecular weight is 192 g/mol. The second-order valence-corrected chi connectivity index (χ2v) is 2.58. The second kappa shape index (κ2) is 3.37. The molecule has 1 aromatic carbocycles. The van der Waals surface area contributed by atoms with Crippen molar-refractivity contribution >= 4 is 6.29 Å². The van der Waals surface area contributed by atoms with Crippen molar-refractivity contribution in [2.75, 3.05) is 0 Å². The molecular weight excluding hydrogens is 187 g/mol. The van der Waals surface area contributed by atoms with Gasteiger partial charge in [0.1, 0.15) is 5.82 Å². The van der Waals surface area contributed by atoms with E-state index in [0.717, 1.165) is 0 Å². The zero-order chi connectivity index (χ0) is 9.97. The van der Waals surface area contributed by atoms with Gasteiger partial charge in [0, 0.05) is 5.56 Å². The maximum atomic E-state index is 12.6. The standard InChI is InChI=1S/C9H5FN2O2/c10-7-3-1-6(2-4-7)9-11-8(5-13)12-14-9/h1-5H. The number of hydrogen-bond donors (Lipinski definition) is 0. The first-order valence-corrected chi connectivity index (χ1v) is 3.84. The van der Waals surface area contributed by atoms with Gasteiger partial charge >= 0.3 is 0 Å². The number of carbonyl (C=O) groups excluding carboxylic acids is 1.